The molecule has 0 saturated heterocycles. The second kappa shape index (κ2) is 7.55. The van der Waals surface area contributed by atoms with Crippen LogP contribution < -0.4 is 4.74 Å². The van der Waals surface area contributed by atoms with E-state index in [0.29, 0.717) is 28.8 Å². The Morgan fingerprint density at radius 1 is 1.09 bits per heavy atom. The van der Waals surface area contributed by atoms with E-state index in [1.165, 1.54) is 12.1 Å². The number of hydrogen-bond donors (Lipinski definition) is 0. The number of hydrogen-bond acceptors (Lipinski definition) is 5. The first-order valence-electron chi connectivity index (χ1n) is 10.4. The van der Waals surface area contributed by atoms with Gasteiger partial charge in [0.15, 0.2) is 29.1 Å². The third-order valence-corrected chi connectivity index (χ3v) is 6.21. The average Bonchev–Trinajstić information content (AvgIpc) is 3.42. The van der Waals surface area contributed by atoms with E-state index >= 15 is 0 Å². The van der Waals surface area contributed by atoms with E-state index in [0.717, 1.165) is 36.3 Å². The fourth-order valence-electron chi connectivity index (χ4n) is 4.47. The van der Waals surface area contributed by atoms with Gasteiger partial charge in [-0.05, 0) is 49.6 Å². The van der Waals surface area contributed by atoms with Crippen LogP contribution in [0.5, 0.6) is 5.75 Å². The molecular formula is C24H22F2N4O2. The number of halogens is 2. The van der Waals surface area contributed by atoms with Crippen LogP contribution in [-0.2, 0) is 12.0 Å². The summed E-state index contributed by atoms with van der Waals surface area (Å²) in [6, 6.07) is 9.80. The van der Waals surface area contributed by atoms with Gasteiger partial charge in [-0.2, -0.15) is 0 Å². The van der Waals surface area contributed by atoms with Crippen LogP contribution in [0, 0.1) is 18.6 Å². The van der Waals surface area contributed by atoms with Gasteiger partial charge in [0.25, 0.3) is 0 Å². The predicted octanol–water partition coefficient (Wildman–Crippen LogP) is 5.30. The lowest BCUT2D eigenvalue weighted by Crippen LogP contribution is -2.33. The van der Waals surface area contributed by atoms with Crippen LogP contribution in [0.3, 0.4) is 0 Å². The summed E-state index contributed by atoms with van der Waals surface area (Å²) < 4.78 is 40.8. The minimum atomic E-state index is -0.858. The van der Waals surface area contributed by atoms with Crippen LogP contribution >= 0.6 is 0 Å². The number of aromatic nitrogens is 4. The number of aryl methyl sites for hydroxylation is 1. The maximum absolute atomic E-state index is 14.0. The molecular weight excluding hydrogens is 414 g/mol. The van der Waals surface area contributed by atoms with Crippen molar-refractivity contribution in [1.82, 2.24) is 19.7 Å². The van der Waals surface area contributed by atoms with Crippen molar-refractivity contribution in [2.75, 3.05) is 7.11 Å². The van der Waals surface area contributed by atoms with Crippen molar-refractivity contribution in [1.29, 1.82) is 0 Å². The Balaban J connectivity index is 1.58. The van der Waals surface area contributed by atoms with Gasteiger partial charge in [-0.1, -0.05) is 12.1 Å². The molecule has 0 N–H and O–H groups in total. The van der Waals surface area contributed by atoms with Gasteiger partial charge in [0.1, 0.15) is 11.6 Å². The molecule has 0 amide bonds. The summed E-state index contributed by atoms with van der Waals surface area (Å²) in [6.45, 7) is 4.53. The Kier molecular flexibility index (Phi) is 4.80. The highest BCUT2D eigenvalue weighted by Gasteiger charge is 2.38. The van der Waals surface area contributed by atoms with Crippen molar-refractivity contribution in [3.63, 3.8) is 0 Å². The lowest BCUT2D eigenvalue weighted by Gasteiger charge is -2.34. The molecule has 0 bridgehead atoms. The van der Waals surface area contributed by atoms with Crippen LogP contribution in [0.25, 0.3) is 22.7 Å². The maximum Gasteiger partial charge on any atom is 0.191 e. The van der Waals surface area contributed by atoms with Crippen molar-refractivity contribution in [3.05, 3.63) is 71.5 Å². The highest BCUT2D eigenvalue weighted by Crippen LogP contribution is 2.41. The minimum absolute atomic E-state index is 0.570. The largest absolute Gasteiger partial charge is 0.496 e. The Bertz CT molecular complexity index is 1310. The normalized spacial score (nSPS) is 17.9. The molecule has 1 atom stereocenters. The third kappa shape index (κ3) is 3.18. The number of rotatable bonds is 4. The molecule has 0 aliphatic carbocycles. The van der Waals surface area contributed by atoms with E-state index in [1.807, 2.05) is 25.1 Å². The van der Waals surface area contributed by atoms with E-state index in [1.54, 1.807) is 26.3 Å². The number of ether oxygens (including phenoxy) is 1. The van der Waals surface area contributed by atoms with E-state index in [9.17, 15) is 8.78 Å². The Morgan fingerprint density at radius 2 is 1.94 bits per heavy atom. The zero-order valence-electron chi connectivity index (χ0n) is 18.0. The summed E-state index contributed by atoms with van der Waals surface area (Å²) in [7, 11) is 1.60. The Labute approximate surface area is 183 Å². The number of benzene rings is 2. The minimum Gasteiger partial charge on any atom is -0.496 e. The van der Waals surface area contributed by atoms with Crippen molar-refractivity contribution in [2.45, 2.75) is 38.6 Å². The Hall–Kier alpha value is -3.55. The zero-order valence-corrected chi connectivity index (χ0v) is 18.0. The second-order valence-corrected chi connectivity index (χ2v) is 8.22. The van der Waals surface area contributed by atoms with Gasteiger partial charge < -0.3 is 13.7 Å². The summed E-state index contributed by atoms with van der Waals surface area (Å²) in [6.07, 6.45) is 3.29. The smallest absolute Gasteiger partial charge is 0.191 e. The number of fused-ring (bicyclic) bond motifs is 1. The van der Waals surface area contributed by atoms with Crippen LogP contribution in [0.4, 0.5) is 8.78 Å². The van der Waals surface area contributed by atoms with Gasteiger partial charge in [-0.25, -0.2) is 13.8 Å². The van der Waals surface area contributed by atoms with Crippen LogP contribution in [-0.4, -0.2) is 26.9 Å². The lowest BCUT2D eigenvalue weighted by molar-refractivity contribution is 0.375. The van der Waals surface area contributed by atoms with E-state index < -0.39 is 17.0 Å². The molecule has 1 aliphatic rings. The van der Waals surface area contributed by atoms with Gasteiger partial charge in [0, 0.05) is 19.0 Å². The van der Waals surface area contributed by atoms with E-state index in [-0.39, 0.29) is 0 Å². The van der Waals surface area contributed by atoms with Gasteiger partial charge in [0.2, 0.25) is 0 Å². The van der Waals surface area contributed by atoms with E-state index in [4.69, 9.17) is 9.15 Å². The first kappa shape index (κ1) is 20.4. The van der Waals surface area contributed by atoms with Crippen molar-refractivity contribution in [3.8, 4) is 28.5 Å². The highest BCUT2D eigenvalue weighted by molar-refractivity contribution is 5.71. The first-order chi connectivity index (χ1) is 15.4. The molecule has 32 heavy (non-hydrogen) atoms. The number of oxazole rings is 1. The van der Waals surface area contributed by atoms with Crippen LogP contribution in [0.2, 0.25) is 0 Å². The average molecular weight is 436 g/mol. The molecule has 0 spiro atoms. The molecule has 6 nitrogen and oxygen atoms in total. The predicted molar refractivity (Wildman–Crippen MR) is 114 cm³/mol. The molecule has 4 aromatic rings. The third-order valence-electron chi connectivity index (χ3n) is 6.21. The topological polar surface area (TPSA) is 66.0 Å². The van der Waals surface area contributed by atoms with Gasteiger partial charge in [-0.3, -0.25) is 0 Å². The fraction of sp³-hybridized carbons (Fsp3) is 0.292. The quantitative estimate of drug-likeness (QED) is 0.435. The molecule has 2 aromatic heterocycles. The number of methoxy groups -OCH3 is 1. The fourth-order valence-corrected chi connectivity index (χ4v) is 4.47. The maximum atomic E-state index is 14.0. The molecule has 8 heteroatoms. The summed E-state index contributed by atoms with van der Waals surface area (Å²) in [5.41, 5.74) is 1.75. The van der Waals surface area contributed by atoms with Gasteiger partial charge >= 0.3 is 0 Å². The molecule has 1 unspecified atom stereocenters. The van der Waals surface area contributed by atoms with Gasteiger partial charge in [0.05, 0.1) is 24.3 Å². The SMILES string of the molecule is COc1cc(-c2nnc3n2CCCC3(C)c2ccc(F)c(F)c2)ccc1-c1cnc(C)o1. The summed E-state index contributed by atoms with van der Waals surface area (Å²) in [4.78, 5) is 4.16. The molecule has 0 radical (unpaired) electrons. The van der Waals surface area contributed by atoms with E-state index in [2.05, 4.69) is 19.7 Å². The monoisotopic (exact) mass is 436 g/mol. The van der Waals surface area contributed by atoms with Gasteiger partial charge in [-0.15, -0.1) is 10.2 Å². The van der Waals surface area contributed by atoms with Crippen LogP contribution in [0.1, 0.15) is 37.0 Å². The summed E-state index contributed by atoms with van der Waals surface area (Å²) in [5.74, 6) is 1.56. The Morgan fingerprint density at radius 3 is 2.66 bits per heavy atom. The summed E-state index contributed by atoms with van der Waals surface area (Å²) in [5, 5.41) is 8.95. The van der Waals surface area contributed by atoms with Crippen molar-refractivity contribution in [2.24, 2.45) is 0 Å². The standard InChI is InChI=1S/C24H22F2N4O2/c1-14-27-13-21(32-14)17-7-5-15(11-20(17)31-3)22-28-29-23-24(2,9-4-10-30(22)23)16-6-8-18(25)19(26)12-16/h5-8,11-13H,4,9-10H2,1-3H3. The van der Waals surface area contributed by atoms with Crippen molar-refractivity contribution >= 4 is 0 Å². The molecule has 164 valence electrons. The second-order valence-electron chi connectivity index (χ2n) is 8.22. The molecule has 5 rings (SSSR count). The van der Waals surface area contributed by atoms with Crippen LogP contribution in [0.15, 0.2) is 47.0 Å². The number of nitrogens with zero attached hydrogens (tertiary/aromatic N) is 4. The first-order valence-corrected chi connectivity index (χ1v) is 10.4. The lowest BCUT2D eigenvalue weighted by atomic mass is 9.76. The molecule has 2 aromatic carbocycles. The molecule has 0 fully saturated rings. The summed E-state index contributed by atoms with van der Waals surface area (Å²) >= 11 is 0. The van der Waals surface area contributed by atoms with Crippen molar-refractivity contribution < 1.29 is 17.9 Å². The molecule has 3 heterocycles. The molecule has 0 saturated carbocycles. The highest BCUT2D eigenvalue weighted by atomic mass is 19.2. The zero-order chi connectivity index (χ0) is 22.5. The molecule has 1 aliphatic heterocycles.